The Morgan fingerprint density at radius 1 is 1.19 bits per heavy atom. The van der Waals surface area contributed by atoms with Crippen LogP contribution in [0, 0.1) is 0 Å². The maximum Gasteiger partial charge on any atom is 0.513 e. The SMILES string of the molecule is CCS(=O)(=O)CCC(c1ccc(C(=O)Nc2cc(-c3cccs3)ccc2N)cc1)[P+](=O)O. The van der Waals surface area contributed by atoms with E-state index < -0.39 is 23.5 Å². The highest BCUT2D eigenvalue weighted by Crippen LogP contribution is 2.40. The van der Waals surface area contributed by atoms with Crippen LogP contribution in [0.5, 0.6) is 0 Å². The number of nitrogens with two attached hydrogens (primary N) is 1. The molecular weight excluding hydrogens is 467 g/mol. The molecule has 0 saturated heterocycles. The van der Waals surface area contributed by atoms with Crippen LogP contribution >= 0.6 is 19.4 Å². The van der Waals surface area contributed by atoms with Gasteiger partial charge in [0, 0.05) is 28.2 Å². The highest BCUT2D eigenvalue weighted by atomic mass is 32.2. The van der Waals surface area contributed by atoms with E-state index in [9.17, 15) is 22.7 Å². The number of amides is 1. The predicted molar refractivity (Wildman–Crippen MR) is 130 cm³/mol. The minimum absolute atomic E-state index is 0.0160. The van der Waals surface area contributed by atoms with Crippen LogP contribution < -0.4 is 11.1 Å². The fraction of sp³-hybridized carbons (Fsp3) is 0.227. The van der Waals surface area contributed by atoms with Crippen LogP contribution in [-0.2, 0) is 14.4 Å². The van der Waals surface area contributed by atoms with Gasteiger partial charge in [-0.15, -0.1) is 11.3 Å². The Hall–Kier alpha value is -2.58. The average Bonchev–Trinajstić information content (AvgIpc) is 3.30. The lowest BCUT2D eigenvalue weighted by Crippen LogP contribution is -2.14. The van der Waals surface area contributed by atoms with Gasteiger partial charge in [-0.25, -0.2) is 8.42 Å². The Balaban J connectivity index is 1.75. The molecule has 2 atom stereocenters. The molecule has 1 aromatic heterocycles. The van der Waals surface area contributed by atoms with Crippen LogP contribution in [0.1, 0.15) is 34.9 Å². The fourth-order valence-electron chi connectivity index (χ4n) is 3.15. The number of hydrogen-bond donors (Lipinski definition) is 3. The number of carbonyl (C=O) groups is 1. The van der Waals surface area contributed by atoms with Gasteiger partial charge in [0.25, 0.3) is 5.91 Å². The first kappa shape index (κ1) is 24.1. The molecule has 168 valence electrons. The van der Waals surface area contributed by atoms with Crippen LogP contribution in [0.15, 0.2) is 60.0 Å². The van der Waals surface area contributed by atoms with Gasteiger partial charge in [-0.2, -0.15) is 4.89 Å². The number of sulfone groups is 1. The summed E-state index contributed by atoms with van der Waals surface area (Å²) in [4.78, 5) is 23.4. The molecule has 3 aromatic rings. The van der Waals surface area contributed by atoms with Crippen LogP contribution in [-0.4, -0.2) is 30.7 Å². The third-order valence-electron chi connectivity index (χ3n) is 5.07. The van der Waals surface area contributed by atoms with Crippen molar-refractivity contribution in [3.8, 4) is 10.4 Å². The van der Waals surface area contributed by atoms with Gasteiger partial charge in [0.05, 0.1) is 17.1 Å². The van der Waals surface area contributed by atoms with Gasteiger partial charge < -0.3 is 11.1 Å². The van der Waals surface area contributed by atoms with Crippen molar-refractivity contribution in [2.75, 3.05) is 22.6 Å². The Morgan fingerprint density at radius 3 is 2.50 bits per heavy atom. The minimum Gasteiger partial charge on any atom is -0.397 e. The number of benzene rings is 2. The van der Waals surface area contributed by atoms with Crippen molar-refractivity contribution in [1.29, 1.82) is 0 Å². The maximum atomic E-state index is 12.7. The molecule has 32 heavy (non-hydrogen) atoms. The zero-order chi connectivity index (χ0) is 23.3. The lowest BCUT2D eigenvalue weighted by atomic mass is 10.1. The van der Waals surface area contributed by atoms with E-state index in [0.29, 0.717) is 22.5 Å². The molecule has 2 unspecified atom stereocenters. The quantitative estimate of drug-likeness (QED) is 0.290. The van der Waals surface area contributed by atoms with Crippen molar-refractivity contribution >= 4 is 46.5 Å². The van der Waals surface area contributed by atoms with Crippen LogP contribution in [0.3, 0.4) is 0 Å². The highest BCUT2D eigenvalue weighted by molar-refractivity contribution is 7.91. The molecule has 2 aromatic carbocycles. The van der Waals surface area contributed by atoms with Crippen LogP contribution in [0.4, 0.5) is 11.4 Å². The summed E-state index contributed by atoms with van der Waals surface area (Å²) in [6.45, 7) is 1.54. The number of anilines is 2. The number of nitrogens with one attached hydrogen (secondary N) is 1. The summed E-state index contributed by atoms with van der Waals surface area (Å²) < 4.78 is 35.3. The largest absolute Gasteiger partial charge is 0.513 e. The monoisotopic (exact) mass is 491 g/mol. The summed E-state index contributed by atoms with van der Waals surface area (Å²) >= 11 is 1.58. The summed E-state index contributed by atoms with van der Waals surface area (Å²) in [6, 6.07) is 15.6. The van der Waals surface area contributed by atoms with Crippen molar-refractivity contribution < 1.29 is 22.7 Å². The summed E-state index contributed by atoms with van der Waals surface area (Å²) in [6.07, 6.45) is 0.0411. The molecule has 0 saturated carbocycles. The van der Waals surface area contributed by atoms with E-state index in [2.05, 4.69) is 5.32 Å². The van der Waals surface area contributed by atoms with E-state index in [-0.39, 0.29) is 23.8 Å². The number of hydrogen-bond acceptors (Lipinski definition) is 6. The zero-order valence-electron chi connectivity index (χ0n) is 17.4. The number of nitrogen functional groups attached to an aromatic ring is 1. The smallest absolute Gasteiger partial charge is 0.397 e. The predicted octanol–water partition coefficient (Wildman–Crippen LogP) is 4.85. The third-order valence-corrected chi connectivity index (χ3v) is 8.82. The normalized spacial score (nSPS) is 12.9. The van der Waals surface area contributed by atoms with Crippen LogP contribution in [0.25, 0.3) is 10.4 Å². The zero-order valence-corrected chi connectivity index (χ0v) is 19.9. The molecule has 10 heteroatoms. The first-order chi connectivity index (χ1) is 15.2. The van der Waals surface area contributed by atoms with Gasteiger partial charge in [-0.3, -0.25) is 4.79 Å². The Bertz CT molecular complexity index is 1210. The first-order valence-corrected chi connectivity index (χ1v) is 13.9. The lowest BCUT2D eigenvalue weighted by molar-refractivity contribution is 0.102. The van der Waals surface area contributed by atoms with Crippen molar-refractivity contribution in [2.24, 2.45) is 0 Å². The van der Waals surface area contributed by atoms with E-state index in [1.807, 2.05) is 29.6 Å². The molecule has 0 spiro atoms. The molecule has 0 aliphatic carbocycles. The van der Waals surface area contributed by atoms with E-state index in [1.54, 1.807) is 48.6 Å². The van der Waals surface area contributed by atoms with Crippen LogP contribution in [0.2, 0.25) is 0 Å². The van der Waals surface area contributed by atoms with Gasteiger partial charge in [0.1, 0.15) is 9.84 Å². The maximum absolute atomic E-state index is 12.7. The van der Waals surface area contributed by atoms with Gasteiger partial charge >= 0.3 is 8.03 Å². The minimum atomic E-state index is -3.25. The molecule has 0 aliphatic rings. The van der Waals surface area contributed by atoms with Gasteiger partial charge in [0.15, 0.2) is 0 Å². The number of rotatable bonds is 9. The average molecular weight is 492 g/mol. The molecule has 0 fully saturated rings. The highest BCUT2D eigenvalue weighted by Gasteiger charge is 2.32. The molecule has 0 aliphatic heterocycles. The van der Waals surface area contributed by atoms with Crippen molar-refractivity contribution in [3.63, 3.8) is 0 Å². The van der Waals surface area contributed by atoms with Crippen molar-refractivity contribution in [3.05, 3.63) is 71.1 Å². The van der Waals surface area contributed by atoms with Crippen molar-refractivity contribution in [2.45, 2.75) is 19.0 Å². The molecule has 1 heterocycles. The summed E-state index contributed by atoms with van der Waals surface area (Å²) in [5.74, 6) is -0.555. The van der Waals surface area contributed by atoms with E-state index in [4.69, 9.17) is 5.73 Å². The number of carbonyl (C=O) groups excluding carboxylic acids is 1. The molecule has 7 nitrogen and oxygen atoms in total. The molecular formula is C22H24N2O5PS2+. The fourth-order valence-corrected chi connectivity index (χ4v) is 5.71. The van der Waals surface area contributed by atoms with E-state index >= 15 is 0 Å². The first-order valence-electron chi connectivity index (χ1n) is 9.90. The summed E-state index contributed by atoms with van der Waals surface area (Å²) in [5, 5.41) is 4.78. The molecule has 4 N–H and O–H groups in total. The van der Waals surface area contributed by atoms with Gasteiger partial charge in [-0.1, -0.05) is 31.2 Å². The third kappa shape index (κ3) is 6.01. The van der Waals surface area contributed by atoms with Crippen molar-refractivity contribution in [1.82, 2.24) is 0 Å². The second-order valence-electron chi connectivity index (χ2n) is 7.20. The Labute approximate surface area is 192 Å². The Kier molecular flexibility index (Phi) is 7.79. The molecule has 3 rings (SSSR count). The Morgan fingerprint density at radius 2 is 1.91 bits per heavy atom. The standard InChI is InChI=1S/C22H23N2O5PS2/c1-2-32(28,29)13-11-20(30(26)27)15-5-7-16(8-6-15)22(25)24-19-14-17(9-10-18(19)23)21-4-3-12-31-21/h3-10,12,14,20H,2,11,13,23H2,1H3,(H-,24,25,26,27)/p+1. The van der Waals surface area contributed by atoms with Gasteiger partial charge in [0.2, 0.25) is 5.66 Å². The van der Waals surface area contributed by atoms with E-state index in [0.717, 1.165) is 10.4 Å². The summed E-state index contributed by atoms with van der Waals surface area (Å²) in [5.41, 5.74) is 7.93. The second-order valence-corrected chi connectivity index (χ2v) is 11.8. The molecule has 0 bridgehead atoms. The van der Waals surface area contributed by atoms with Gasteiger partial charge in [-0.05, 0) is 45.8 Å². The molecule has 0 radical (unpaired) electrons. The summed E-state index contributed by atoms with van der Waals surface area (Å²) in [7, 11) is -5.87. The topological polar surface area (TPSA) is 127 Å². The number of thiophene rings is 1. The lowest BCUT2D eigenvalue weighted by Gasteiger charge is -2.11. The van der Waals surface area contributed by atoms with E-state index in [1.165, 1.54) is 0 Å². The molecule has 1 amide bonds. The second kappa shape index (κ2) is 10.4.